The van der Waals surface area contributed by atoms with E-state index in [1.54, 1.807) is 0 Å². The summed E-state index contributed by atoms with van der Waals surface area (Å²) in [5, 5.41) is 2.27. The summed E-state index contributed by atoms with van der Waals surface area (Å²) in [6.45, 7) is 4.23. The monoisotopic (exact) mass is 265 g/mol. The highest BCUT2D eigenvalue weighted by molar-refractivity contribution is 5.96. The van der Waals surface area contributed by atoms with E-state index in [0.29, 0.717) is 0 Å². The summed E-state index contributed by atoms with van der Waals surface area (Å²) in [5.74, 6) is 0. The lowest BCUT2D eigenvalue weighted by Gasteiger charge is -2.09. The fourth-order valence-corrected chi connectivity index (χ4v) is 2.67. The van der Waals surface area contributed by atoms with Gasteiger partial charge in [-0.05, 0) is 54.3 Å². The Morgan fingerprint density at radius 3 is 1.60 bits per heavy atom. The number of fused-ring (bicyclic) bond motifs is 2. The van der Waals surface area contributed by atoms with Gasteiger partial charge in [0.25, 0.3) is 0 Å². The van der Waals surface area contributed by atoms with Gasteiger partial charge in [0, 0.05) is 22.1 Å². The van der Waals surface area contributed by atoms with Gasteiger partial charge in [-0.2, -0.15) is 0 Å². The number of nitrogens with two attached hydrogens (primary N) is 2. The van der Waals surface area contributed by atoms with Crippen LogP contribution in [-0.2, 0) is 12.8 Å². The van der Waals surface area contributed by atoms with Crippen molar-refractivity contribution in [1.82, 2.24) is 4.98 Å². The van der Waals surface area contributed by atoms with Crippen molar-refractivity contribution in [2.75, 3.05) is 11.5 Å². The fraction of sp³-hybridized carbons (Fsp3) is 0.235. The molecule has 20 heavy (non-hydrogen) atoms. The number of aromatic nitrogens is 1. The zero-order valence-corrected chi connectivity index (χ0v) is 11.9. The average Bonchev–Trinajstić information content (AvgIpc) is 2.44. The summed E-state index contributed by atoms with van der Waals surface area (Å²) in [6.07, 6.45) is 1.86. The molecule has 0 aliphatic heterocycles. The van der Waals surface area contributed by atoms with Crippen LogP contribution < -0.4 is 11.5 Å². The van der Waals surface area contributed by atoms with Crippen molar-refractivity contribution < 1.29 is 0 Å². The number of nitrogen functional groups attached to an aromatic ring is 2. The van der Waals surface area contributed by atoms with Crippen molar-refractivity contribution >= 4 is 33.2 Å². The smallest absolute Gasteiger partial charge is 0.0730 e. The maximum atomic E-state index is 6.05. The van der Waals surface area contributed by atoms with Crippen LogP contribution in [0.15, 0.2) is 30.3 Å². The number of benzene rings is 2. The van der Waals surface area contributed by atoms with Crippen LogP contribution in [0.5, 0.6) is 0 Å². The molecule has 3 heteroatoms. The number of hydrogen-bond acceptors (Lipinski definition) is 3. The second-order valence-corrected chi connectivity index (χ2v) is 5.18. The van der Waals surface area contributed by atoms with Crippen molar-refractivity contribution in [3.05, 3.63) is 41.5 Å². The lowest BCUT2D eigenvalue weighted by molar-refractivity contribution is 1.15. The molecule has 0 unspecified atom stereocenters. The average molecular weight is 265 g/mol. The molecule has 3 aromatic rings. The first-order valence-electron chi connectivity index (χ1n) is 7.03. The molecule has 0 saturated heterocycles. The Bertz CT molecular complexity index is 741. The molecule has 0 aliphatic rings. The van der Waals surface area contributed by atoms with Gasteiger partial charge in [0.1, 0.15) is 0 Å². The second-order valence-electron chi connectivity index (χ2n) is 5.18. The van der Waals surface area contributed by atoms with E-state index in [2.05, 4.69) is 32.0 Å². The van der Waals surface area contributed by atoms with Crippen LogP contribution in [0, 0.1) is 0 Å². The molecular formula is C17H19N3. The van der Waals surface area contributed by atoms with E-state index in [0.717, 1.165) is 46.0 Å². The van der Waals surface area contributed by atoms with Crippen LogP contribution in [0.1, 0.15) is 25.0 Å². The summed E-state index contributed by atoms with van der Waals surface area (Å²) in [5.41, 5.74) is 17.9. The maximum absolute atomic E-state index is 6.05. The Morgan fingerprint density at radius 2 is 1.20 bits per heavy atom. The van der Waals surface area contributed by atoms with Crippen molar-refractivity contribution in [3.63, 3.8) is 0 Å². The third kappa shape index (κ3) is 1.95. The maximum Gasteiger partial charge on any atom is 0.0730 e. The fourth-order valence-electron chi connectivity index (χ4n) is 2.67. The zero-order valence-electron chi connectivity index (χ0n) is 11.9. The molecule has 0 bridgehead atoms. The lowest BCUT2D eigenvalue weighted by atomic mass is 10.0. The SMILES string of the molecule is CCc1cc2cc3cc(CC)c(N)cc3nc2cc1N. The number of pyridine rings is 1. The molecule has 0 saturated carbocycles. The molecule has 4 N–H and O–H groups in total. The Balaban J connectivity index is 2.34. The van der Waals surface area contributed by atoms with Gasteiger partial charge in [-0.25, -0.2) is 4.98 Å². The Kier molecular flexibility index (Phi) is 2.97. The van der Waals surface area contributed by atoms with Crippen LogP contribution in [0.4, 0.5) is 11.4 Å². The Hall–Kier alpha value is -2.29. The third-order valence-corrected chi connectivity index (χ3v) is 3.89. The first kappa shape index (κ1) is 12.7. The highest BCUT2D eigenvalue weighted by Gasteiger charge is 2.06. The molecule has 102 valence electrons. The summed E-state index contributed by atoms with van der Waals surface area (Å²) < 4.78 is 0. The van der Waals surface area contributed by atoms with Gasteiger partial charge >= 0.3 is 0 Å². The topological polar surface area (TPSA) is 64.9 Å². The summed E-state index contributed by atoms with van der Waals surface area (Å²) in [6, 6.07) is 10.4. The van der Waals surface area contributed by atoms with Crippen LogP contribution in [0.3, 0.4) is 0 Å². The van der Waals surface area contributed by atoms with Gasteiger partial charge < -0.3 is 11.5 Å². The van der Waals surface area contributed by atoms with E-state index >= 15 is 0 Å². The molecule has 0 fully saturated rings. The van der Waals surface area contributed by atoms with Crippen molar-refractivity contribution in [3.8, 4) is 0 Å². The van der Waals surface area contributed by atoms with E-state index in [9.17, 15) is 0 Å². The summed E-state index contributed by atoms with van der Waals surface area (Å²) in [7, 11) is 0. The van der Waals surface area contributed by atoms with Gasteiger partial charge in [0.2, 0.25) is 0 Å². The zero-order chi connectivity index (χ0) is 14.3. The van der Waals surface area contributed by atoms with Gasteiger partial charge in [0.05, 0.1) is 11.0 Å². The second kappa shape index (κ2) is 4.67. The number of aryl methyl sites for hydroxylation is 2. The summed E-state index contributed by atoms with van der Waals surface area (Å²) in [4.78, 5) is 4.69. The molecule has 0 atom stereocenters. The molecule has 0 aliphatic carbocycles. The number of hydrogen-bond donors (Lipinski definition) is 2. The predicted molar refractivity (Wildman–Crippen MR) is 86.8 cm³/mol. The molecule has 3 rings (SSSR count). The van der Waals surface area contributed by atoms with Crippen molar-refractivity contribution in [2.45, 2.75) is 26.7 Å². The highest BCUT2D eigenvalue weighted by atomic mass is 14.7. The van der Waals surface area contributed by atoms with E-state index in [4.69, 9.17) is 16.5 Å². The van der Waals surface area contributed by atoms with Crippen LogP contribution in [0.25, 0.3) is 21.8 Å². The molecule has 3 nitrogen and oxygen atoms in total. The van der Waals surface area contributed by atoms with E-state index in [1.807, 2.05) is 12.1 Å². The van der Waals surface area contributed by atoms with Gasteiger partial charge in [-0.3, -0.25) is 0 Å². The minimum Gasteiger partial charge on any atom is -0.398 e. The Morgan fingerprint density at radius 1 is 0.750 bits per heavy atom. The van der Waals surface area contributed by atoms with Crippen molar-refractivity contribution in [2.24, 2.45) is 0 Å². The van der Waals surface area contributed by atoms with Crippen LogP contribution in [0.2, 0.25) is 0 Å². The van der Waals surface area contributed by atoms with E-state index in [1.165, 1.54) is 11.1 Å². The normalized spacial score (nSPS) is 11.3. The third-order valence-electron chi connectivity index (χ3n) is 3.89. The molecular weight excluding hydrogens is 246 g/mol. The first-order chi connectivity index (χ1) is 9.62. The number of nitrogens with zero attached hydrogens (tertiary/aromatic N) is 1. The number of rotatable bonds is 2. The quantitative estimate of drug-likeness (QED) is 0.548. The van der Waals surface area contributed by atoms with Crippen molar-refractivity contribution in [1.29, 1.82) is 0 Å². The molecule has 0 spiro atoms. The standard InChI is InChI=1S/C17H19N3/c1-3-10-5-12-7-13-6-11(4-2)15(19)9-17(13)20-16(12)8-14(10)18/h5-9H,3-4,18-19H2,1-2H3. The van der Waals surface area contributed by atoms with E-state index in [-0.39, 0.29) is 0 Å². The van der Waals surface area contributed by atoms with Gasteiger partial charge in [0.15, 0.2) is 0 Å². The number of anilines is 2. The minimum absolute atomic E-state index is 0.810. The van der Waals surface area contributed by atoms with Crippen LogP contribution in [-0.4, -0.2) is 4.98 Å². The lowest BCUT2D eigenvalue weighted by Crippen LogP contribution is -1.96. The molecule has 1 aromatic heterocycles. The minimum atomic E-state index is 0.810. The Labute approximate surface area is 118 Å². The van der Waals surface area contributed by atoms with Gasteiger partial charge in [-0.15, -0.1) is 0 Å². The van der Waals surface area contributed by atoms with Crippen LogP contribution >= 0.6 is 0 Å². The van der Waals surface area contributed by atoms with E-state index < -0.39 is 0 Å². The molecule has 1 heterocycles. The summed E-state index contributed by atoms with van der Waals surface area (Å²) >= 11 is 0. The first-order valence-corrected chi connectivity index (χ1v) is 7.03. The van der Waals surface area contributed by atoms with Gasteiger partial charge in [-0.1, -0.05) is 13.8 Å². The predicted octanol–water partition coefficient (Wildman–Crippen LogP) is 3.68. The molecule has 0 radical (unpaired) electrons. The highest BCUT2D eigenvalue weighted by Crippen LogP contribution is 2.27. The molecule has 2 aromatic carbocycles. The molecule has 0 amide bonds. The largest absolute Gasteiger partial charge is 0.398 e.